The van der Waals surface area contributed by atoms with Gasteiger partial charge in [-0.05, 0) is 30.9 Å². The van der Waals surface area contributed by atoms with Crippen molar-refractivity contribution in [1.82, 2.24) is 0 Å². The van der Waals surface area contributed by atoms with Gasteiger partial charge in [0.15, 0.2) is 0 Å². The summed E-state index contributed by atoms with van der Waals surface area (Å²) in [7, 11) is 0. The van der Waals surface area contributed by atoms with Gasteiger partial charge < -0.3 is 5.11 Å². The van der Waals surface area contributed by atoms with Gasteiger partial charge in [0.1, 0.15) is 5.75 Å². The molecule has 0 bridgehead atoms. The average Bonchev–Trinajstić information content (AvgIpc) is 2.45. The molecule has 0 saturated heterocycles. The van der Waals surface area contributed by atoms with Crippen LogP contribution in [0.25, 0.3) is 0 Å². The lowest BCUT2D eigenvalue weighted by molar-refractivity contribution is 0.461. The van der Waals surface area contributed by atoms with Crippen molar-refractivity contribution in [3.05, 3.63) is 41.5 Å². The fourth-order valence-corrected chi connectivity index (χ4v) is 2.41. The number of phenolic OH excluding ortho intramolecular Hbond substituents is 1. The van der Waals surface area contributed by atoms with E-state index in [0.717, 1.165) is 12.0 Å². The molecule has 0 aromatic heterocycles. The molecule has 2 rings (SSSR count). The van der Waals surface area contributed by atoms with Gasteiger partial charge in [-0.15, -0.1) is 0 Å². The molecule has 1 aliphatic carbocycles. The van der Waals surface area contributed by atoms with Crippen molar-refractivity contribution in [2.45, 2.75) is 26.2 Å². The van der Waals surface area contributed by atoms with Gasteiger partial charge in [-0.25, -0.2) is 0 Å². The summed E-state index contributed by atoms with van der Waals surface area (Å²) in [5, 5.41) is 9.81. The lowest BCUT2D eigenvalue weighted by Gasteiger charge is -2.12. The highest BCUT2D eigenvalue weighted by Crippen LogP contribution is 2.43. The molecule has 0 heterocycles. The van der Waals surface area contributed by atoms with Crippen LogP contribution in [-0.4, -0.2) is 5.11 Å². The topological polar surface area (TPSA) is 20.2 Å². The van der Waals surface area contributed by atoms with Gasteiger partial charge in [-0.2, -0.15) is 0 Å². The number of hydrogen-bond acceptors (Lipinski definition) is 1. The van der Waals surface area contributed by atoms with E-state index >= 15 is 0 Å². The summed E-state index contributed by atoms with van der Waals surface area (Å²) in [6, 6.07) is 5.83. The molecule has 1 N–H and O–H groups in total. The van der Waals surface area contributed by atoms with Gasteiger partial charge in [0.2, 0.25) is 0 Å². The van der Waals surface area contributed by atoms with E-state index < -0.39 is 0 Å². The smallest absolute Gasteiger partial charge is 0.119 e. The van der Waals surface area contributed by atoms with Gasteiger partial charge in [0.05, 0.1) is 0 Å². The van der Waals surface area contributed by atoms with E-state index in [9.17, 15) is 5.11 Å². The molecule has 0 amide bonds. The van der Waals surface area contributed by atoms with Crippen LogP contribution in [0, 0.1) is 5.92 Å². The second-order valence-corrected chi connectivity index (χ2v) is 4.08. The maximum absolute atomic E-state index is 9.81. The minimum absolute atomic E-state index is 0.399. The number of benzene rings is 1. The molecule has 0 unspecified atom stereocenters. The third kappa shape index (κ3) is 1.33. The third-order valence-electron chi connectivity index (χ3n) is 3.06. The Morgan fingerprint density at radius 2 is 2.21 bits per heavy atom. The highest BCUT2D eigenvalue weighted by Gasteiger charge is 2.29. The second-order valence-electron chi connectivity index (χ2n) is 4.08. The molecule has 0 saturated carbocycles. The number of allylic oxidation sites excluding steroid dienone is 2. The second kappa shape index (κ2) is 3.49. The van der Waals surface area contributed by atoms with Crippen LogP contribution in [0.2, 0.25) is 0 Å². The van der Waals surface area contributed by atoms with Crippen molar-refractivity contribution in [1.29, 1.82) is 0 Å². The van der Waals surface area contributed by atoms with Gasteiger partial charge in [0.25, 0.3) is 0 Å². The van der Waals surface area contributed by atoms with E-state index in [2.05, 4.69) is 25.1 Å². The standard InChI is InChI=1S/C13H16O/c1-3-5-11-9(2)8-10-6-4-7-12(14)13(10)11/h3-7,9,11,14H,8H2,1-2H3/b5-3-/t9-,11-/m1/s1. The van der Waals surface area contributed by atoms with Crippen molar-refractivity contribution in [2.75, 3.05) is 0 Å². The van der Waals surface area contributed by atoms with Gasteiger partial charge >= 0.3 is 0 Å². The highest BCUT2D eigenvalue weighted by atomic mass is 16.3. The molecule has 14 heavy (non-hydrogen) atoms. The van der Waals surface area contributed by atoms with Crippen LogP contribution < -0.4 is 0 Å². The highest BCUT2D eigenvalue weighted by molar-refractivity contribution is 5.47. The number of phenols is 1. The lowest BCUT2D eigenvalue weighted by atomic mass is 9.93. The first-order valence-corrected chi connectivity index (χ1v) is 5.17. The van der Waals surface area contributed by atoms with Crippen molar-refractivity contribution in [3.63, 3.8) is 0 Å². The summed E-state index contributed by atoms with van der Waals surface area (Å²) in [6.07, 6.45) is 5.34. The van der Waals surface area contributed by atoms with Crippen LogP contribution in [0.4, 0.5) is 0 Å². The summed E-state index contributed by atoms with van der Waals surface area (Å²) >= 11 is 0. The first-order valence-electron chi connectivity index (χ1n) is 5.17. The largest absolute Gasteiger partial charge is 0.508 e. The Bertz CT molecular complexity index is 365. The molecular weight excluding hydrogens is 172 g/mol. The summed E-state index contributed by atoms with van der Waals surface area (Å²) in [5.41, 5.74) is 2.44. The first kappa shape index (κ1) is 9.32. The molecule has 0 spiro atoms. The van der Waals surface area contributed by atoms with Gasteiger partial charge in [-0.3, -0.25) is 0 Å². The molecule has 0 aliphatic heterocycles. The molecule has 0 fully saturated rings. The van der Waals surface area contributed by atoms with Crippen LogP contribution in [0.3, 0.4) is 0 Å². The zero-order valence-electron chi connectivity index (χ0n) is 8.70. The van der Waals surface area contributed by atoms with Crippen LogP contribution in [0.1, 0.15) is 30.9 Å². The summed E-state index contributed by atoms with van der Waals surface area (Å²) in [6.45, 7) is 4.27. The maximum Gasteiger partial charge on any atom is 0.119 e. The third-order valence-corrected chi connectivity index (χ3v) is 3.06. The Morgan fingerprint density at radius 3 is 2.93 bits per heavy atom. The molecule has 0 radical (unpaired) electrons. The van der Waals surface area contributed by atoms with E-state index in [0.29, 0.717) is 17.6 Å². The van der Waals surface area contributed by atoms with E-state index in [4.69, 9.17) is 0 Å². The molecule has 1 aromatic rings. The van der Waals surface area contributed by atoms with E-state index in [1.54, 1.807) is 6.07 Å². The van der Waals surface area contributed by atoms with Crippen LogP contribution in [0.5, 0.6) is 5.75 Å². The zero-order valence-corrected chi connectivity index (χ0v) is 8.70. The van der Waals surface area contributed by atoms with Crippen LogP contribution in [0.15, 0.2) is 30.4 Å². The van der Waals surface area contributed by atoms with Crippen molar-refractivity contribution < 1.29 is 5.11 Å². The first-order chi connectivity index (χ1) is 6.74. The monoisotopic (exact) mass is 188 g/mol. The SMILES string of the molecule is C/C=C\[C@H]1c2c(O)cccc2C[C@H]1C. The Kier molecular flexibility index (Phi) is 2.32. The van der Waals surface area contributed by atoms with Crippen molar-refractivity contribution in [3.8, 4) is 5.75 Å². The number of rotatable bonds is 1. The maximum atomic E-state index is 9.81. The molecular formula is C13H16O. The summed E-state index contributed by atoms with van der Waals surface area (Å²) in [4.78, 5) is 0. The zero-order chi connectivity index (χ0) is 10.1. The Hall–Kier alpha value is -1.24. The minimum atomic E-state index is 0.399. The predicted molar refractivity (Wildman–Crippen MR) is 58.5 cm³/mol. The van der Waals surface area contributed by atoms with E-state index in [-0.39, 0.29) is 0 Å². The number of fused-ring (bicyclic) bond motifs is 1. The molecule has 1 aliphatic rings. The molecule has 1 nitrogen and oxygen atoms in total. The van der Waals surface area contributed by atoms with Crippen LogP contribution >= 0.6 is 0 Å². The van der Waals surface area contributed by atoms with E-state index in [1.807, 2.05) is 13.0 Å². The quantitative estimate of drug-likeness (QED) is 0.671. The lowest BCUT2D eigenvalue weighted by Crippen LogP contribution is -1.99. The van der Waals surface area contributed by atoms with Crippen molar-refractivity contribution >= 4 is 0 Å². The Labute approximate surface area is 85.1 Å². The Balaban J connectivity index is 2.49. The minimum Gasteiger partial charge on any atom is -0.508 e. The summed E-state index contributed by atoms with van der Waals surface area (Å²) < 4.78 is 0. The fraction of sp³-hybridized carbons (Fsp3) is 0.385. The van der Waals surface area contributed by atoms with E-state index in [1.165, 1.54) is 5.56 Å². The predicted octanol–water partition coefficient (Wildman–Crippen LogP) is 3.24. The molecule has 2 atom stereocenters. The average molecular weight is 188 g/mol. The fourth-order valence-electron chi connectivity index (χ4n) is 2.41. The Morgan fingerprint density at radius 1 is 1.43 bits per heavy atom. The number of hydrogen-bond donors (Lipinski definition) is 1. The molecule has 1 aromatic carbocycles. The van der Waals surface area contributed by atoms with Gasteiger partial charge in [0, 0.05) is 11.5 Å². The molecule has 1 heteroatoms. The summed E-state index contributed by atoms with van der Waals surface area (Å²) in [5.74, 6) is 1.46. The van der Waals surface area contributed by atoms with Gasteiger partial charge in [-0.1, -0.05) is 31.2 Å². The van der Waals surface area contributed by atoms with Crippen LogP contribution in [-0.2, 0) is 6.42 Å². The number of aromatic hydroxyl groups is 1. The molecule has 74 valence electrons. The van der Waals surface area contributed by atoms with Crippen molar-refractivity contribution in [2.24, 2.45) is 5.92 Å². The normalized spacial score (nSPS) is 25.6.